The molecule has 3 rings (SSSR count). The van der Waals surface area contributed by atoms with Crippen LogP contribution in [-0.4, -0.2) is 44.8 Å². The van der Waals surface area contributed by atoms with Gasteiger partial charge in [0, 0.05) is 18.3 Å². The molecule has 7 heteroatoms. The van der Waals surface area contributed by atoms with Crippen LogP contribution in [0.2, 0.25) is 0 Å². The molecule has 6 nitrogen and oxygen atoms in total. The Bertz CT molecular complexity index is 583. The van der Waals surface area contributed by atoms with Crippen LogP contribution in [0.5, 0.6) is 0 Å². The minimum absolute atomic E-state index is 0.469. The van der Waals surface area contributed by atoms with Gasteiger partial charge < -0.3 is 10.6 Å². The van der Waals surface area contributed by atoms with Crippen LogP contribution in [0.4, 0.5) is 11.8 Å². The summed E-state index contributed by atoms with van der Waals surface area (Å²) in [5, 5.41) is 15.2. The first-order valence-corrected chi connectivity index (χ1v) is 8.29. The number of aromatic amines is 1. The largest absolute Gasteiger partial charge is 0.365 e. The lowest BCUT2D eigenvalue weighted by atomic mass is 9.95. The number of fused-ring (bicyclic) bond motifs is 1. The van der Waals surface area contributed by atoms with E-state index in [4.69, 9.17) is 0 Å². The molecule has 0 saturated heterocycles. The minimum atomic E-state index is 0.469. The highest BCUT2D eigenvalue weighted by Gasteiger charge is 2.25. The Morgan fingerprint density at radius 2 is 2.15 bits per heavy atom. The summed E-state index contributed by atoms with van der Waals surface area (Å²) in [6, 6.07) is 0.469. The number of hydrogen-bond acceptors (Lipinski definition) is 6. The summed E-state index contributed by atoms with van der Waals surface area (Å²) >= 11 is 1.95. The third-order valence-corrected chi connectivity index (χ3v) is 5.03. The van der Waals surface area contributed by atoms with E-state index in [1.807, 2.05) is 18.8 Å². The standard InChI is InChI=1S/C13H20N6S/c1-14-13-17-11(8-7-15-19-12(8)18-13)16-9-5-3-4-6-10(9)20-2/h7,9-10H,3-6H2,1-2H3,(H3,14,15,16,17,18,19). The summed E-state index contributed by atoms with van der Waals surface area (Å²) < 4.78 is 0. The van der Waals surface area contributed by atoms with Gasteiger partial charge in [0.25, 0.3) is 0 Å². The first-order valence-electron chi connectivity index (χ1n) is 7.00. The monoisotopic (exact) mass is 292 g/mol. The SMILES string of the molecule is CNc1nc(NC2CCCCC2SC)c2cn[nH]c2n1. The van der Waals surface area contributed by atoms with E-state index in [0.29, 0.717) is 17.2 Å². The topological polar surface area (TPSA) is 78.5 Å². The summed E-state index contributed by atoms with van der Waals surface area (Å²) in [5.74, 6) is 1.49. The predicted octanol–water partition coefficient (Wildman–Crippen LogP) is 2.48. The molecule has 3 N–H and O–H groups in total. The van der Waals surface area contributed by atoms with Crippen molar-refractivity contribution in [3.8, 4) is 0 Å². The van der Waals surface area contributed by atoms with Gasteiger partial charge in [-0.25, -0.2) is 0 Å². The lowest BCUT2D eigenvalue weighted by Crippen LogP contribution is -2.34. The molecule has 2 unspecified atom stereocenters. The summed E-state index contributed by atoms with van der Waals surface area (Å²) in [5.41, 5.74) is 0.767. The van der Waals surface area contributed by atoms with Crippen LogP contribution < -0.4 is 10.6 Å². The predicted molar refractivity (Wildman–Crippen MR) is 84.4 cm³/mol. The van der Waals surface area contributed by atoms with E-state index in [1.165, 1.54) is 25.7 Å². The fourth-order valence-electron chi connectivity index (χ4n) is 2.78. The lowest BCUT2D eigenvalue weighted by Gasteiger charge is -2.31. The van der Waals surface area contributed by atoms with Crippen LogP contribution in [0.25, 0.3) is 11.0 Å². The number of nitrogens with zero attached hydrogens (tertiary/aromatic N) is 3. The number of aromatic nitrogens is 4. The van der Waals surface area contributed by atoms with E-state index in [0.717, 1.165) is 16.9 Å². The zero-order valence-electron chi connectivity index (χ0n) is 11.8. The van der Waals surface area contributed by atoms with Crippen molar-refractivity contribution in [2.24, 2.45) is 0 Å². The van der Waals surface area contributed by atoms with Crippen LogP contribution in [0.3, 0.4) is 0 Å². The molecule has 0 radical (unpaired) electrons. The highest BCUT2D eigenvalue weighted by Crippen LogP contribution is 2.30. The third-order valence-electron chi connectivity index (χ3n) is 3.86. The van der Waals surface area contributed by atoms with Crippen LogP contribution in [0, 0.1) is 0 Å². The van der Waals surface area contributed by atoms with E-state index < -0.39 is 0 Å². The first kappa shape index (κ1) is 13.5. The van der Waals surface area contributed by atoms with Crippen molar-refractivity contribution in [1.29, 1.82) is 0 Å². The van der Waals surface area contributed by atoms with Crippen molar-refractivity contribution in [1.82, 2.24) is 20.2 Å². The maximum atomic E-state index is 4.55. The Morgan fingerprint density at radius 3 is 2.95 bits per heavy atom. The number of H-pyrrole nitrogens is 1. The molecule has 0 aliphatic heterocycles. The minimum Gasteiger partial charge on any atom is -0.365 e. The third kappa shape index (κ3) is 2.54. The number of anilines is 2. The van der Waals surface area contributed by atoms with Gasteiger partial charge in [0.2, 0.25) is 5.95 Å². The van der Waals surface area contributed by atoms with Crippen LogP contribution >= 0.6 is 11.8 Å². The van der Waals surface area contributed by atoms with Gasteiger partial charge in [-0.15, -0.1) is 0 Å². The number of rotatable bonds is 4. The van der Waals surface area contributed by atoms with Gasteiger partial charge in [-0.1, -0.05) is 12.8 Å². The Kier molecular flexibility index (Phi) is 3.95. The molecule has 2 atom stereocenters. The van der Waals surface area contributed by atoms with E-state index in [1.54, 1.807) is 6.20 Å². The molecule has 1 aliphatic carbocycles. The van der Waals surface area contributed by atoms with Gasteiger partial charge in [0.05, 0.1) is 11.6 Å². The zero-order valence-corrected chi connectivity index (χ0v) is 12.6. The normalized spacial score (nSPS) is 22.9. The summed E-state index contributed by atoms with van der Waals surface area (Å²) in [7, 11) is 1.83. The van der Waals surface area contributed by atoms with Crippen LogP contribution in [0.1, 0.15) is 25.7 Å². The molecule has 2 aromatic rings. The molecule has 20 heavy (non-hydrogen) atoms. The molecular weight excluding hydrogens is 272 g/mol. The van der Waals surface area contributed by atoms with Crippen molar-refractivity contribution in [3.05, 3.63) is 6.20 Å². The van der Waals surface area contributed by atoms with Gasteiger partial charge in [-0.05, 0) is 19.1 Å². The van der Waals surface area contributed by atoms with E-state index >= 15 is 0 Å². The molecule has 2 heterocycles. The van der Waals surface area contributed by atoms with Crippen molar-refractivity contribution in [2.45, 2.75) is 37.0 Å². The van der Waals surface area contributed by atoms with Gasteiger partial charge in [-0.2, -0.15) is 26.8 Å². The molecule has 0 aromatic carbocycles. The molecular formula is C13H20N6S. The average Bonchev–Trinajstić information content (AvgIpc) is 2.96. The maximum Gasteiger partial charge on any atom is 0.226 e. The van der Waals surface area contributed by atoms with E-state index in [-0.39, 0.29) is 0 Å². The van der Waals surface area contributed by atoms with Gasteiger partial charge >= 0.3 is 0 Å². The number of hydrogen-bond donors (Lipinski definition) is 3. The molecule has 108 valence electrons. The average molecular weight is 292 g/mol. The Hall–Kier alpha value is -1.50. The second-order valence-corrected chi connectivity index (χ2v) is 6.16. The van der Waals surface area contributed by atoms with Crippen molar-refractivity contribution < 1.29 is 0 Å². The van der Waals surface area contributed by atoms with E-state index in [9.17, 15) is 0 Å². The second-order valence-electron chi connectivity index (χ2n) is 5.09. The van der Waals surface area contributed by atoms with Crippen LogP contribution in [0.15, 0.2) is 6.20 Å². The maximum absolute atomic E-state index is 4.55. The van der Waals surface area contributed by atoms with Crippen LogP contribution in [-0.2, 0) is 0 Å². The van der Waals surface area contributed by atoms with Crippen molar-refractivity contribution in [3.63, 3.8) is 0 Å². The van der Waals surface area contributed by atoms with Crippen molar-refractivity contribution in [2.75, 3.05) is 23.9 Å². The second kappa shape index (κ2) is 5.87. The quantitative estimate of drug-likeness (QED) is 0.803. The molecule has 0 bridgehead atoms. The Balaban J connectivity index is 1.90. The summed E-state index contributed by atoms with van der Waals surface area (Å²) in [6.07, 6.45) is 9.07. The zero-order chi connectivity index (χ0) is 13.9. The van der Waals surface area contributed by atoms with Gasteiger partial charge in [0.1, 0.15) is 5.82 Å². The summed E-state index contributed by atoms with van der Waals surface area (Å²) in [4.78, 5) is 8.91. The van der Waals surface area contributed by atoms with E-state index in [2.05, 4.69) is 37.1 Å². The fraction of sp³-hybridized carbons (Fsp3) is 0.615. The molecule has 1 saturated carbocycles. The summed E-state index contributed by atoms with van der Waals surface area (Å²) in [6.45, 7) is 0. The molecule has 0 amide bonds. The van der Waals surface area contributed by atoms with Gasteiger partial charge in [0.15, 0.2) is 5.65 Å². The first-order chi connectivity index (χ1) is 9.81. The van der Waals surface area contributed by atoms with Gasteiger partial charge in [-0.3, -0.25) is 5.10 Å². The molecule has 2 aromatic heterocycles. The lowest BCUT2D eigenvalue weighted by molar-refractivity contribution is 0.474. The number of nitrogens with one attached hydrogen (secondary N) is 3. The Morgan fingerprint density at radius 1 is 1.30 bits per heavy atom. The molecule has 1 aliphatic rings. The van der Waals surface area contributed by atoms with Crippen molar-refractivity contribution >= 4 is 34.6 Å². The fourth-order valence-corrected chi connectivity index (χ4v) is 3.71. The smallest absolute Gasteiger partial charge is 0.226 e. The molecule has 1 fully saturated rings. The number of thioether (sulfide) groups is 1. The molecule has 0 spiro atoms. The highest BCUT2D eigenvalue weighted by molar-refractivity contribution is 7.99. The Labute approximate surface area is 122 Å². The highest BCUT2D eigenvalue weighted by atomic mass is 32.2.